The van der Waals surface area contributed by atoms with Crippen molar-refractivity contribution < 1.29 is 37.3 Å². The second-order valence-electron chi connectivity index (χ2n) is 5.60. The van der Waals surface area contributed by atoms with E-state index in [0.717, 1.165) is 22.4 Å². The van der Waals surface area contributed by atoms with Crippen LogP contribution in [0, 0.1) is 0 Å². The van der Waals surface area contributed by atoms with Crippen molar-refractivity contribution in [1.29, 1.82) is 0 Å². The summed E-state index contributed by atoms with van der Waals surface area (Å²) in [6.07, 6.45) is 1.53. The van der Waals surface area contributed by atoms with Crippen molar-refractivity contribution in [3.8, 4) is 17.2 Å². The molecule has 0 aliphatic carbocycles. The lowest BCUT2D eigenvalue weighted by Gasteiger charge is -2.12. The number of ether oxygens (including phenoxy) is 3. The van der Waals surface area contributed by atoms with Crippen LogP contribution in [-0.4, -0.2) is 43.8 Å². The summed E-state index contributed by atoms with van der Waals surface area (Å²) in [6, 6.07) is 4.34. The first kappa shape index (κ1) is 18.1. The van der Waals surface area contributed by atoms with Crippen LogP contribution in [0.15, 0.2) is 34.0 Å². The van der Waals surface area contributed by atoms with Gasteiger partial charge in [0.25, 0.3) is 15.9 Å². The lowest BCUT2D eigenvalue weighted by atomic mass is 10.1. The Morgan fingerprint density at radius 3 is 2.68 bits per heavy atom. The summed E-state index contributed by atoms with van der Waals surface area (Å²) >= 11 is 1.04. The molecule has 0 radical (unpaired) electrons. The van der Waals surface area contributed by atoms with Gasteiger partial charge >= 0.3 is 6.09 Å². The summed E-state index contributed by atoms with van der Waals surface area (Å²) in [6.45, 7) is -0.580. The standard InChI is InChI=1S/C16H12N2O8S2/c19-11-7-24-16(21)18(11)4-3-9-6-10(14-15(13(9)20)26-8-25-14)17-28(22,23)12-2-1-5-27-12/h1-6,17,20H,7-8H2. The predicted octanol–water partition coefficient (Wildman–Crippen LogP) is 1.93. The zero-order chi connectivity index (χ0) is 19.9. The number of phenolic OH excluding ortho intramolecular Hbond substituents is 1. The molecule has 2 N–H and O–H groups in total. The number of thiophene rings is 1. The number of phenols is 1. The van der Waals surface area contributed by atoms with Crippen molar-refractivity contribution in [2.24, 2.45) is 0 Å². The topological polar surface area (TPSA) is 131 Å². The second-order valence-corrected chi connectivity index (χ2v) is 8.46. The minimum Gasteiger partial charge on any atom is -0.504 e. The lowest BCUT2D eigenvalue weighted by Crippen LogP contribution is -2.22. The van der Waals surface area contributed by atoms with E-state index in [0.29, 0.717) is 0 Å². The molecule has 0 bridgehead atoms. The molecule has 3 heterocycles. The molecular weight excluding hydrogens is 412 g/mol. The number of amides is 2. The molecule has 2 aliphatic rings. The molecule has 0 unspecified atom stereocenters. The lowest BCUT2D eigenvalue weighted by molar-refractivity contribution is -0.124. The number of nitrogens with one attached hydrogen (secondary N) is 1. The number of cyclic esters (lactones) is 1. The number of fused-ring (bicyclic) bond motifs is 1. The SMILES string of the molecule is O=C1COC(=O)N1C=Cc1cc(NS(=O)(=O)c2cccs2)c2c(c1O)OCO2. The number of benzene rings is 1. The maximum atomic E-state index is 12.5. The molecule has 1 saturated heterocycles. The summed E-state index contributed by atoms with van der Waals surface area (Å²) in [5.41, 5.74) is 0.134. The van der Waals surface area contributed by atoms with Gasteiger partial charge in [0.2, 0.25) is 12.5 Å². The molecule has 1 aromatic heterocycles. The van der Waals surface area contributed by atoms with Gasteiger partial charge in [-0.2, -0.15) is 0 Å². The molecule has 0 spiro atoms. The Labute approximate surface area is 162 Å². The quantitative estimate of drug-likeness (QED) is 0.696. The summed E-state index contributed by atoms with van der Waals surface area (Å²) in [7, 11) is -3.88. The Balaban J connectivity index is 1.72. The number of aromatic hydroxyl groups is 1. The van der Waals surface area contributed by atoms with Crippen LogP contribution in [0.4, 0.5) is 10.5 Å². The Morgan fingerprint density at radius 1 is 1.21 bits per heavy atom. The molecule has 4 rings (SSSR count). The van der Waals surface area contributed by atoms with Gasteiger partial charge in [0.05, 0.1) is 5.69 Å². The summed E-state index contributed by atoms with van der Waals surface area (Å²) in [5.74, 6) is -0.921. The van der Waals surface area contributed by atoms with Gasteiger partial charge in [-0.15, -0.1) is 11.3 Å². The van der Waals surface area contributed by atoms with Crippen molar-refractivity contribution in [2.45, 2.75) is 4.21 Å². The molecular formula is C16H12N2O8S2. The van der Waals surface area contributed by atoms with Crippen LogP contribution in [0.1, 0.15) is 5.56 Å². The van der Waals surface area contributed by atoms with E-state index < -0.39 is 22.0 Å². The fraction of sp³-hybridized carbons (Fsp3) is 0.125. The van der Waals surface area contributed by atoms with Gasteiger partial charge in [0.15, 0.2) is 18.1 Å². The first-order valence-corrected chi connectivity index (χ1v) is 10.1. The van der Waals surface area contributed by atoms with Gasteiger partial charge in [-0.05, 0) is 23.6 Å². The van der Waals surface area contributed by atoms with Gasteiger partial charge in [-0.3, -0.25) is 9.52 Å². The van der Waals surface area contributed by atoms with Gasteiger partial charge in [0.1, 0.15) is 4.21 Å². The Morgan fingerprint density at radius 2 is 2.00 bits per heavy atom. The number of sulfonamides is 1. The maximum Gasteiger partial charge on any atom is 0.421 e. The third kappa shape index (κ3) is 3.12. The summed E-state index contributed by atoms with van der Waals surface area (Å²) in [4.78, 5) is 23.8. The van der Waals surface area contributed by atoms with Crippen LogP contribution in [0.3, 0.4) is 0 Å². The van der Waals surface area contributed by atoms with Crippen molar-refractivity contribution >= 4 is 45.1 Å². The van der Waals surface area contributed by atoms with Crippen LogP contribution in [0.2, 0.25) is 0 Å². The van der Waals surface area contributed by atoms with Crippen LogP contribution < -0.4 is 14.2 Å². The molecule has 10 nitrogen and oxygen atoms in total. The average Bonchev–Trinajstić information content (AvgIpc) is 3.39. The molecule has 146 valence electrons. The van der Waals surface area contributed by atoms with Gasteiger partial charge in [0, 0.05) is 11.8 Å². The molecule has 12 heteroatoms. The van der Waals surface area contributed by atoms with Crippen molar-refractivity contribution in [3.63, 3.8) is 0 Å². The third-order valence-corrected chi connectivity index (χ3v) is 6.60. The van der Waals surface area contributed by atoms with Crippen LogP contribution >= 0.6 is 11.3 Å². The highest BCUT2D eigenvalue weighted by molar-refractivity contribution is 7.94. The molecule has 28 heavy (non-hydrogen) atoms. The molecule has 1 fully saturated rings. The highest BCUT2D eigenvalue weighted by Gasteiger charge is 2.30. The van der Waals surface area contributed by atoms with Gasteiger partial charge in [-0.25, -0.2) is 18.1 Å². The molecule has 2 amide bonds. The van der Waals surface area contributed by atoms with Crippen molar-refractivity contribution in [1.82, 2.24) is 4.90 Å². The number of imide groups is 1. The van der Waals surface area contributed by atoms with E-state index in [1.807, 2.05) is 0 Å². The number of hydrogen-bond donors (Lipinski definition) is 2. The molecule has 2 aliphatic heterocycles. The summed E-state index contributed by atoms with van der Waals surface area (Å²) < 4.78 is 42.6. The normalized spacial score (nSPS) is 16.1. The number of anilines is 1. The molecule has 0 atom stereocenters. The zero-order valence-electron chi connectivity index (χ0n) is 13.9. The minimum atomic E-state index is -3.88. The Bertz CT molecular complexity index is 1080. The Kier molecular flexibility index (Phi) is 4.35. The second kappa shape index (κ2) is 6.73. The van der Waals surface area contributed by atoms with E-state index in [9.17, 15) is 23.1 Å². The van der Waals surface area contributed by atoms with Crippen molar-refractivity contribution in [3.05, 3.63) is 35.3 Å². The van der Waals surface area contributed by atoms with Crippen molar-refractivity contribution in [2.75, 3.05) is 18.1 Å². The molecule has 2 aromatic rings. The van der Waals surface area contributed by atoms with E-state index in [-0.39, 0.29) is 46.1 Å². The highest BCUT2D eigenvalue weighted by atomic mass is 32.2. The highest BCUT2D eigenvalue weighted by Crippen LogP contribution is 2.48. The number of carbonyl (C=O) groups is 2. The van der Waals surface area contributed by atoms with Crippen LogP contribution in [0.5, 0.6) is 17.2 Å². The fourth-order valence-electron chi connectivity index (χ4n) is 2.55. The van der Waals surface area contributed by atoms with E-state index in [1.54, 1.807) is 11.4 Å². The maximum absolute atomic E-state index is 12.5. The third-order valence-electron chi connectivity index (χ3n) is 3.84. The number of nitrogens with zero attached hydrogens (tertiary/aromatic N) is 1. The average molecular weight is 424 g/mol. The van der Waals surface area contributed by atoms with Crippen LogP contribution in [-0.2, 0) is 19.6 Å². The number of carbonyl (C=O) groups excluding carboxylic acids is 2. The van der Waals surface area contributed by atoms with Gasteiger partial charge < -0.3 is 19.3 Å². The zero-order valence-corrected chi connectivity index (χ0v) is 15.6. The molecule has 1 aromatic carbocycles. The predicted molar refractivity (Wildman–Crippen MR) is 96.6 cm³/mol. The van der Waals surface area contributed by atoms with E-state index >= 15 is 0 Å². The monoisotopic (exact) mass is 424 g/mol. The first-order valence-electron chi connectivity index (χ1n) is 7.76. The first-order chi connectivity index (χ1) is 13.4. The number of rotatable bonds is 5. The fourth-order valence-corrected chi connectivity index (χ4v) is 4.60. The minimum absolute atomic E-state index is 0.0337. The van der Waals surface area contributed by atoms with E-state index in [2.05, 4.69) is 9.46 Å². The summed E-state index contributed by atoms with van der Waals surface area (Å²) in [5, 5.41) is 12.0. The smallest absolute Gasteiger partial charge is 0.421 e. The van der Waals surface area contributed by atoms with Crippen LogP contribution in [0.25, 0.3) is 6.08 Å². The number of hydrogen-bond acceptors (Lipinski definition) is 9. The van der Waals surface area contributed by atoms with E-state index in [4.69, 9.17) is 9.47 Å². The molecule has 0 saturated carbocycles. The Hall–Kier alpha value is -3.25. The van der Waals surface area contributed by atoms with Gasteiger partial charge in [-0.1, -0.05) is 6.07 Å². The van der Waals surface area contributed by atoms with E-state index in [1.165, 1.54) is 18.2 Å². The largest absolute Gasteiger partial charge is 0.504 e.